The summed E-state index contributed by atoms with van der Waals surface area (Å²) in [7, 11) is 0. The van der Waals surface area contributed by atoms with Crippen LogP contribution in [0.3, 0.4) is 0 Å². The number of aryl methyl sites for hydroxylation is 1. The van der Waals surface area contributed by atoms with Crippen LogP contribution in [0.5, 0.6) is 0 Å². The number of amides is 1. The lowest BCUT2D eigenvalue weighted by Crippen LogP contribution is -2.44. The number of aliphatic hydroxyl groups excluding tert-OH is 1. The van der Waals surface area contributed by atoms with Crippen molar-refractivity contribution in [3.05, 3.63) is 71.4 Å². The maximum absolute atomic E-state index is 12.6. The number of aromatic nitrogens is 1. The van der Waals surface area contributed by atoms with Gasteiger partial charge in [0.15, 0.2) is 0 Å². The minimum atomic E-state index is -0.621. The Bertz CT molecular complexity index is 1100. The Morgan fingerprint density at radius 1 is 1.12 bits per heavy atom. The molecule has 0 spiro atoms. The van der Waals surface area contributed by atoms with E-state index in [1.807, 2.05) is 32.9 Å². The van der Waals surface area contributed by atoms with E-state index in [9.17, 15) is 9.90 Å². The molecule has 1 aliphatic rings. The Kier molecular flexibility index (Phi) is 6.77. The van der Waals surface area contributed by atoms with E-state index in [2.05, 4.69) is 59.4 Å². The molecule has 2 N–H and O–H groups in total. The molecule has 6 heteroatoms. The Hall–Kier alpha value is -2.83. The average Bonchev–Trinajstić information content (AvgIpc) is 3.35. The van der Waals surface area contributed by atoms with Crippen molar-refractivity contribution >= 4 is 17.0 Å². The van der Waals surface area contributed by atoms with Crippen LogP contribution in [-0.4, -0.2) is 63.4 Å². The predicted molar refractivity (Wildman–Crippen MR) is 131 cm³/mol. The van der Waals surface area contributed by atoms with E-state index in [0.29, 0.717) is 6.54 Å². The molecule has 1 fully saturated rings. The first kappa shape index (κ1) is 23.3. The molecule has 2 atom stereocenters. The number of hydrogen-bond donors (Lipinski definition) is 2. The molecule has 2 heterocycles. The van der Waals surface area contributed by atoms with Gasteiger partial charge >= 0.3 is 6.09 Å². The van der Waals surface area contributed by atoms with Gasteiger partial charge in [-0.1, -0.05) is 42.5 Å². The molecule has 4 rings (SSSR count). The SMILES string of the molecule is Cc1ccccc1CN(CCc1c[nH]c2ccccc12)[C@@H]1CN(C(=O)OC(C)(C)C)C[C@H]1O. The monoisotopic (exact) mass is 449 g/mol. The van der Waals surface area contributed by atoms with Crippen molar-refractivity contribution in [3.8, 4) is 0 Å². The minimum Gasteiger partial charge on any atom is -0.444 e. The number of aliphatic hydroxyl groups is 1. The fourth-order valence-corrected chi connectivity index (χ4v) is 4.57. The van der Waals surface area contributed by atoms with Crippen molar-refractivity contribution < 1.29 is 14.6 Å². The number of para-hydroxylation sites is 1. The molecule has 1 aliphatic heterocycles. The summed E-state index contributed by atoms with van der Waals surface area (Å²) in [6.07, 6.45) is 1.95. The third-order valence-corrected chi connectivity index (χ3v) is 6.36. The molecule has 1 saturated heterocycles. The van der Waals surface area contributed by atoms with Gasteiger partial charge < -0.3 is 19.7 Å². The highest BCUT2D eigenvalue weighted by molar-refractivity contribution is 5.83. The summed E-state index contributed by atoms with van der Waals surface area (Å²) >= 11 is 0. The zero-order valence-corrected chi connectivity index (χ0v) is 20.0. The first-order chi connectivity index (χ1) is 15.7. The number of carbonyl (C=O) groups is 1. The normalized spacial score (nSPS) is 18.9. The molecule has 3 aromatic rings. The van der Waals surface area contributed by atoms with Gasteiger partial charge in [0.25, 0.3) is 0 Å². The van der Waals surface area contributed by atoms with Crippen molar-refractivity contribution in [2.24, 2.45) is 0 Å². The van der Waals surface area contributed by atoms with Crippen molar-refractivity contribution in [3.63, 3.8) is 0 Å². The smallest absolute Gasteiger partial charge is 0.410 e. The Balaban J connectivity index is 1.53. The van der Waals surface area contributed by atoms with E-state index < -0.39 is 11.7 Å². The maximum Gasteiger partial charge on any atom is 0.410 e. The van der Waals surface area contributed by atoms with Crippen molar-refractivity contribution in [2.45, 2.75) is 58.4 Å². The van der Waals surface area contributed by atoms with Gasteiger partial charge in [-0.05, 0) is 56.9 Å². The zero-order valence-electron chi connectivity index (χ0n) is 20.0. The first-order valence-electron chi connectivity index (χ1n) is 11.7. The van der Waals surface area contributed by atoms with Gasteiger partial charge in [0.2, 0.25) is 0 Å². The first-order valence-corrected chi connectivity index (χ1v) is 11.7. The Labute approximate surface area is 196 Å². The van der Waals surface area contributed by atoms with Crippen LogP contribution in [0.4, 0.5) is 4.79 Å². The molecule has 0 aliphatic carbocycles. The molecular weight excluding hydrogens is 414 g/mol. The number of nitrogens with one attached hydrogen (secondary N) is 1. The van der Waals surface area contributed by atoms with Crippen LogP contribution in [0.15, 0.2) is 54.7 Å². The zero-order chi connectivity index (χ0) is 23.6. The third-order valence-electron chi connectivity index (χ3n) is 6.36. The van der Waals surface area contributed by atoms with Crippen LogP contribution in [0.25, 0.3) is 10.9 Å². The predicted octanol–water partition coefficient (Wildman–Crippen LogP) is 4.50. The third kappa shape index (κ3) is 5.57. The second-order valence-electron chi connectivity index (χ2n) is 10.0. The fourth-order valence-electron chi connectivity index (χ4n) is 4.57. The number of aromatic amines is 1. The quantitative estimate of drug-likeness (QED) is 0.581. The van der Waals surface area contributed by atoms with E-state index >= 15 is 0 Å². The standard InChI is InChI=1S/C27H35N3O3/c1-19-9-5-6-10-21(19)16-29(14-13-20-15-28-23-12-8-7-11-22(20)23)24-17-30(18-25(24)31)26(32)33-27(2,3)4/h5-12,15,24-25,28,31H,13-14,16-18H2,1-4H3/t24-,25-/m1/s1. The number of hydrogen-bond acceptors (Lipinski definition) is 4. The molecule has 0 bridgehead atoms. The highest BCUT2D eigenvalue weighted by Gasteiger charge is 2.39. The number of benzene rings is 2. The van der Waals surface area contributed by atoms with Gasteiger partial charge in [-0.15, -0.1) is 0 Å². The lowest BCUT2D eigenvalue weighted by Gasteiger charge is -2.31. The van der Waals surface area contributed by atoms with Gasteiger partial charge in [-0.25, -0.2) is 4.79 Å². The molecule has 33 heavy (non-hydrogen) atoms. The second kappa shape index (κ2) is 9.57. The summed E-state index contributed by atoms with van der Waals surface area (Å²) in [4.78, 5) is 20.0. The molecule has 6 nitrogen and oxygen atoms in total. The maximum atomic E-state index is 12.6. The summed E-state index contributed by atoms with van der Waals surface area (Å²) in [5.74, 6) is 0. The van der Waals surface area contributed by atoms with E-state index in [1.165, 1.54) is 22.1 Å². The van der Waals surface area contributed by atoms with Gasteiger partial charge in [0.1, 0.15) is 5.60 Å². The molecule has 2 aromatic carbocycles. The van der Waals surface area contributed by atoms with Crippen molar-refractivity contribution in [1.82, 2.24) is 14.8 Å². The van der Waals surface area contributed by atoms with E-state index in [0.717, 1.165) is 25.0 Å². The molecule has 176 valence electrons. The minimum absolute atomic E-state index is 0.151. The number of β-amino-alcohol motifs (C(OH)–C–C–N with tert-alkyl or cyclic N) is 1. The molecule has 0 unspecified atom stereocenters. The highest BCUT2D eigenvalue weighted by Crippen LogP contribution is 2.24. The van der Waals surface area contributed by atoms with Crippen LogP contribution < -0.4 is 0 Å². The fraction of sp³-hybridized carbons (Fsp3) is 0.444. The number of likely N-dealkylation sites (tertiary alicyclic amines) is 1. The Morgan fingerprint density at radius 3 is 2.61 bits per heavy atom. The van der Waals surface area contributed by atoms with Crippen LogP contribution in [0.1, 0.15) is 37.5 Å². The summed E-state index contributed by atoms with van der Waals surface area (Å²) in [6.45, 7) is 9.94. The summed E-state index contributed by atoms with van der Waals surface area (Å²) < 4.78 is 5.56. The van der Waals surface area contributed by atoms with Gasteiger partial charge in [0.05, 0.1) is 18.7 Å². The second-order valence-corrected chi connectivity index (χ2v) is 10.0. The Morgan fingerprint density at radius 2 is 1.85 bits per heavy atom. The topological polar surface area (TPSA) is 68.8 Å². The van der Waals surface area contributed by atoms with E-state index in [-0.39, 0.29) is 18.7 Å². The number of fused-ring (bicyclic) bond motifs is 1. The molecule has 1 aromatic heterocycles. The number of carbonyl (C=O) groups excluding carboxylic acids is 1. The number of ether oxygens (including phenoxy) is 1. The van der Waals surface area contributed by atoms with Gasteiger partial charge in [0, 0.05) is 36.7 Å². The number of nitrogens with zero attached hydrogens (tertiary/aromatic N) is 2. The summed E-state index contributed by atoms with van der Waals surface area (Å²) in [5.41, 5.74) is 4.30. The van der Waals surface area contributed by atoms with E-state index in [1.54, 1.807) is 4.90 Å². The van der Waals surface area contributed by atoms with Crippen LogP contribution in [-0.2, 0) is 17.7 Å². The highest BCUT2D eigenvalue weighted by atomic mass is 16.6. The summed E-state index contributed by atoms with van der Waals surface area (Å²) in [6, 6.07) is 16.5. The summed E-state index contributed by atoms with van der Waals surface area (Å²) in [5, 5.41) is 12.2. The number of H-pyrrole nitrogens is 1. The van der Waals surface area contributed by atoms with Crippen molar-refractivity contribution in [1.29, 1.82) is 0 Å². The van der Waals surface area contributed by atoms with Crippen molar-refractivity contribution in [2.75, 3.05) is 19.6 Å². The largest absolute Gasteiger partial charge is 0.444 e. The lowest BCUT2D eigenvalue weighted by molar-refractivity contribution is 0.0269. The molecular formula is C27H35N3O3. The van der Waals surface area contributed by atoms with Gasteiger partial charge in [-0.3, -0.25) is 4.90 Å². The van der Waals surface area contributed by atoms with Crippen LogP contribution >= 0.6 is 0 Å². The molecule has 1 amide bonds. The van der Waals surface area contributed by atoms with Gasteiger partial charge in [-0.2, -0.15) is 0 Å². The molecule has 0 saturated carbocycles. The average molecular weight is 450 g/mol. The van der Waals surface area contributed by atoms with Crippen LogP contribution in [0.2, 0.25) is 0 Å². The lowest BCUT2D eigenvalue weighted by atomic mass is 10.0. The number of rotatable bonds is 6. The molecule has 0 radical (unpaired) electrons. The van der Waals surface area contributed by atoms with E-state index in [4.69, 9.17) is 4.74 Å². The van der Waals surface area contributed by atoms with Crippen LogP contribution in [0, 0.1) is 6.92 Å².